The molecule has 1 aliphatic heterocycles. The van der Waals surface area contributed by atoms with Crippen LogP contribution in [0.3, 0.4) is 0 Å². The third-order valence-corrected chi connectivity index (χ3v) is 4.86. The Labute approximate surface area is 158 Å². The Morgan fingerprint density at radius 2 is 1.67 bits per heavy atom. The summed E-state index contributed by atoms with van der Waals surface area (Å²) in [5.41, 5.74) is 2.68. The molecule has 0 radical (unpaired) electrons. The molecule has 0 bridgehead atoms. The predicted molar refractivity (Wildman–Crippen MR) is 105 cm³/mol. The van der Waals surface area contributed by atoms with Gasteiger partial charge in [0, 0.05) is 42.7 Å². The number of nitrogens with zero attached hydrogens (tertiary/aromatic N) is 4. The molecule has 4 rings (SSSR count). The molecule has 6 heteroatoms. The van der Waals surface area contributed by atoms with Gasteiger partial charge in [-0.1, -0.05) is 18.2 Å². The van der Waals surface area contributed by atoms with Gasteiger partial charge in [0.25, 0.3) is 0 Å². The minimum absolute atomic E-state index is 0.0329. The van der Waals surface area contributed by atoms with E-state index in [4.69, 9.17) is 0 Å². The smallest absolute Gasteiger partial charge is 0.227 e. The highest BCUT2D eigenvalue weighted by atomic mass is 16.1. The minimum atomic E-state index is 0.0329. The molecule has 1 N–H and O–H groups in total. The van der Waals surface area contributed by atoms with E-state index in [-0.39, 0.29) is 11.8 Å². The first-order valence-corrected chi connectivity index (χ1v) is 9.14. The van der Waals surface area contributed by atoms with E-state index in [1.807, 2.05) is 54.6 Å². The van der Waals surface area contributed by atoms with Crippen molar-refractivity contribution in [2.45, 2.75) is 12.8 Å². The number of nitrogens with one attached hydrogen (secondary N) is 1. The van der Waals surface area contributed by atoms with E-state index in [0.29, 0.717) is 0 Å². The van der Waals surface area contributed by atoms with E-state index < -0.39 is 0 Å². The normalized spacial score (nSPS) is 14.7. The van der Waals surface area contributed by atoms with Gasteiger partial charge in [0.2, 0.25) is 5.91 Å². The van der Waals surface area contributed by atoms with Gasteiger partial charge in [0.15, 0.2) is 5.82 Å². The summed E-state index contributed by atoms with van der Waals surface area (Å²) in [6.07, 6.45) is 5.12. The molecule has 0 spiro atoms. The Balaban J connectivity index is 1.34. The predicted octanol–water partition coefficient (Wildman–Crippen LogP) is 3.39. The van der Waals surface area contributed by atoms with E-state index >= 15 is 0 Å². The van der Waals surface area contributed by atoms with Crippen LogP contribution in [-0.2, 0) is 4.79 Å². The Morgan fingerprint density at radius 1 is 0.926 bits per heavy atom. The number of benzene rings is 1. The van der Waals surface area contributed by atoms with Crippen molar-refractivity contribution in [3.63, 3.8) is 0 Å². The van der Waals surface area contributed by atoms with E-state index in [2.05, 4.69) is 25.4 Å². The van der Waals surface area contributed by atoms with Crippen LogP contribution >= 0.6 is 0 Å². The molecule has 1 aliphatic rings. The number of para-hydroxylation sites is 1. The fraction of sp³-hybridized carbons (Fsp3) is 0.238. The first-order chi connectivity index (χ1) is 13.3. The number of hydrogen-bond acceptors (Lipinski definition) is 5. The molecule has 1 amide bonds. The Morgan fingerprint density at radius 3 is 2.33 bits per heavy atom. The summed E-state index contributed by atoms with van der Waals surface area (Å²) in [5, 5.41) is 11.7. The van der Waals surface area contributed by atoms with Gasteiger partial charge in [0.1, 0.15) is 0 Å². The highest BCUT2D eigenvalue weighted by Crippen LogP contribution is 2.24. The number of pyridine rings is 1. The van der Waals surface area contributed by atoms with Gasteiger partial charge in [-0.3, -0.25) is 9.78 Å². The van der Waals surface area contributed by atoms with Gasteiger partial charge in [0.05, 0.1) is 5.69 Å². The number of aromatic nitrogens is 3. The summed E-state index contributed by atoms with van der Waals surface area (Å²) in [6.45, 7) is 1.60. The van der Waals surface area contributed by atoms with Gasteiger partial charge in [-0.05, 0) is 49.2 Å². The van der Waals surface area contributed by atoms with Crippen LogP contribution in [0.2, 0.25) is 0 Å². The second-order valence-corrected chi connectivity index (χ2v) is 6.63. The average Bonchev–Trinajstić information content (AvgIpc) is 2.75. The molecule has 0 aliphatic carbocycles. The highest BCUT2D eigenvalue weighted by molar-refractivity contribution is 5.92. The Bertz CT molecular complexity index is 875. The van der Waals surface area contributed by atoms with Crippen LogP contribution in [0.25, 0.3) is 11.3 Å². The van der Waals surface area contributed by atoms with Gasteiger partial charge < -0.3 is 10.2 Å². The third kappa shape index (κ3) is 4.11. The summed E-state index contributed by atoms with van der Waals surface area (Å²) >= 11 is 0. The fourth-order valence-electron chi connectivity index (χ4n) is 3.31. The molecule has 136 valence electrons. The van der Waals surface area contributed by atoms with Crippen molar-refractivity contribution in [1.29, 1.82) is 0 Å². The zero-order chi connectivity index (χ0) is 18.5. The number of amides is 1. The lowest BCUT2D eigenvalue weighted by Crippen LogP contribution is -2.38. The summed E-state index contributed by atoms with van der Waals surface area (Å²) in [6, 6.07) is 17.4. The Hall–Kier alpha value is -3.28. The fourth-order valence-corrected chi connectivity index (χ4v) is 3.31. The number of carbonyl (C=O) groups excluding carboxylic acids is 1. The monoisotopic (exact) mass is 359 g/mol. The number of hydrogen-bond donors (Lipinski definition) is 1. The molecule has 0 unspecified atom stereocenters. The van der Waals surface area contributed by atoms with Crippen LogP contribution in [0.15, 0.2) is 67.0 Å². The van der Waals surface area contributed by atoms with Crippen molar-refractivity contribution in [2.75, 3.05) is 23.3 Å². The summed E-state index contributed by atoms with van der Waals surface area (Å²) in [4.78, 5) is 18.7. The molecule has 3 aromatic rings. The lowest BCUT2D eigenvalue weighted by atomic mass is 9.96. The lowest BCUT2D eigenvalue weighted by Gasteiger charge is -2.31. The second kappa shape index (κ2) is 7.95. The van der Waals surface area contributed by atoms with Crippen molar-refractivity contribution in [1.82, 2.24) is 15.2 Å². The first-order valence-electron chi connectivity index (χ1n) is 9.14. The molecule has 27 heavy (non-hydrogen) atoms. The lowest BCUT2D eigenvalue weighted by molar-refractivity contribution is -0.120. The van der Waals surface area contributed by atoms with E-state index in [9.17, 15) is 4.79 Å². The van der Waals surface area contributed by atoms with Crippen molar-refractivity contribution < 1.29 is 4.79 Å². The van der Waals surface area contributed by atoms with Crippen LogP contribution in [0, 0.1) is 5.92 Å². The van der Waals surface area contributed by atoms with Gasteiger partial charge in [-0.25, -0.2) is 0 Å². The molecule has 6 nitrogen and oxygen atoms in total. The first kappa shape index (κ1) is 17.1. The zero-order valence-electron chi connectivity index (χ0n) is 15.0. The summed E-state index contributed by atoms with van der Waals surface area (Å²) in [5.74, 6) is 0.986. The Kier molecular flexibility index (Phi) is 5.05. The maximum atomic E-state index is 12.4. The van der Waals surface area contributed by atoms with Crippen LogP contribution in [0.5, 0.6) is 0 Å². The highest BCUT2D eigenvalue weighted by Gasteiger charge is 2.25. The van der Waals surface area contributed by atoms with Crippen molar-refractivity contribution >= 4 is 17.4 Å². The van der Waals surface area contributed by atoms with E-state index in [1.165, 1.54) is 0 Å². The topological polar surface area (TPSA) is 71.0 Å². The largest absolute Gasteiger partial charge is 0.355 e. The maximum Gasteiger partial charge on any atom is 0.227 e. The SMILES string of the molecule is O=C(Nc1ccccc1)C1CCN(c2ccc(-c3ccncc3)nn2)CC1. The zero-order valence-corrected chi connectivity index (χ0v) is 15.0. The average molecular weight is 359 g/mol. The van der Waals surface area contributed by atoms with Crippen LogP contribution in [0.1, 0.15) is 12.8 Å². The standard InChI is InChI=1S/C21H21N5O/c27-21(23-18-4-2-1-3-5-18)17-10-14-26(15-11-17)20-7-6-19(24-25-20)16-8-12-22-13-9-16/h1-9,12-13,17H,10-11,14-15H2,(H,23,27). The van der Waals surface area contributed by atoms with Crippen LogP contribution in [-0.4, -0.2) is 34.2 Å². The summed E-state index contributed by atoms with van der Waals surface area (Å²) in [7, 11) is 0. The number of piperidine rings is 1. The van der Waals surface area contributed by atoms with Crippen LogP contribution < -0.4 is 10.2 Å². The second-order valence-electron chi connectivity index (χ2n) is 6.63. The van der Waals surface area contributed by atoms with E-state index in [0.717, 1.165) is 48.7 Å². The van der Waals surface area contributed by atoms with Crippen molar-refractivity contribution in [3.8, 4) is 11.3 Å². The quantitative estimate of drug-likeness (QED) is 0.773. The molecule has 0 atom stereocenters. The molecular weight excluding hydrogens is 338 g/mol. The van der Waals surface area contributed by atoms with Crippen LogP contribution in [0.4, 0.5) is 11.5 Å². The molecule has 1 fully saturated rings. The number of rotatable bonds is 4. The molecular formula is C21H21N5O. The number of carbonyl (C=O) groups is 1. The molecule has 1 aromatic carbocycles. The number of anilines is 2. The maximum absolute atomic E-state index is 12.4. The van der Waals surface area contributed by atoms with Crippen molar-refractivity contribution in [2.24, 2.45) is 5.92 Å². The van der Waals surface area contributed by atoms with Gasteiger partial charge in [-0.2, -0.15) is 0 Å². The molecule has 1 saturated heterocycles. The summed E-state index contributed by atoms with van der Waals surface area (Å²) < 4.78 is 0. The molecule has 2 aromatic heterocycles. The van der Waals surface area contributed by atoms with Gasteiger partial charge in [-0.15, -0.1) is 10.2 Å². The van der Waals surface area contributed by atoms with Crippen molar-refractivity contribution in [3.05, 3.63) is 67.0 Å². The minimum Gasteiger partial charge on any atom is -0.355 e. The van der Waals surface area contributed by atoms with E-state index in [1.54, 1.807) is 12.4 Å². The molecule has 0 saturated carbocycles. The third-order valence-electron chi connectivity index (χ3n) is 4.86. The van der Waals surface area contributed by atoms with Gasteiger partial charge >= 0.3 is 0 Å². The molecule has 3 heterocycles.